The number of rotatable bonds is 1. The van der Waals surface area contributed by atoms with Gasteiger partial charge in [0, 0.05) is 6.54 Å². The van der Waals surface area contributed by atoms with Crippen molar-refractivity contribution < 1.29 is 14.6 Å². The molecule has 2 saturated heterocycles. The minimum Gasteiger partial charge on any atom is -0.468 e. The summed E-state index contributed by atoms with van der Waals surface area (Å²) in [6.45, 7) is 1.72. The predicted molar refractivity (Wildman–Crippen MR) is 46.2 cm³/mol. The zero-order valence-corrected chi connectivity index (χ0v) is 7.82. The van der Waals surface area contributed by atoms with E-state index in [4.69, 9.17) is 4.74 Å². The highest BCUT2D eigenvalue weighted by atomic mass is 16.5. The number of carbonyl (C=O) groups is 1. The number of fused-ring (bicyclic) bond motifs is 1. The molecule has 0 radical (unpaired) electrons. The van der Waals surface area contributed by atoms with E-state index in [-0.39, 0.29) is 5.97 Å². The second kappa shape index (κ2) is 2.96. The van der Waals surface area contributed by atoms with Crippen molar-refractivity contribution in [3.63, 3.8) is 0 Å². The van der Waals surface area contributed by atoms with E-state index in [0.717, 1.165) is 25.9 Å². The first-order valence-corrected chi connectivity index (χ1v) is 4.73. The highest BCUT2D eigenvalue weighted by Crippen LogP contribution is 2.39. The molecule has 2 aliphatic heterocycles. The van der Waals surface area contributed by atoms with Gasteiger partial charge in [0.25, 0.3) is 0 Å². The number of ether oxygens (including phenoxy) is 1. The molecule has 0 saturated carbocycles. The topological polar surface area (TPSA) is 49.8 Å². The normalized spacial score (nSPS) is 39.1. The Labute approximate surface area is 77.5 Å². The summed E-state index contributed by atoms with van der Waals surface area (Å²) in [4.78, 5) is 13.7. The summed E-state index contributed by atoms with van der Waals surface area (Å²) in [6.07, 6.45) is 1.87. The summed E-state index contributed by atoms with van der Waals surface area (Å²) in [7, 11) is 1.39. The van der Waals surface area contributed by atoms with Crippen LogP contribution in [0.25, 0.3) is 0 Å². The van der Waals surface area contributed by atoms with Crippen LogP contribution in [0.3, 0.4) is 0 Å². The Morgan fingerprint density at radius 1 is 1.62 bits per heavy atom. The van der Waals surface area contributed by atoms with Crippen LogP contribution in [0.15, 0.2) is 0 Å². The molecule has 1 N–H and O–H groups in total. The smallest absolute Gasteiger partial charge is 0.328 e. The molecule has 0 bridgehead atoms. The van der Waals surface area contributed by atoms with E-state index in [1.807, 2.05) is 0 Å². The van der Waals surface area contributed by atoms with E-state index in [1.165, 1.54) is 7.11 Å². The minimum absolute atomic E-state index is 0.269. The van der Waals surface area contributed by atoms with Gasteiger partial charge in [-0.15, -0.1) is 0 Å². The number of aliphatic hydroxyl groups is 1. The highest BCUT2D eigenvalue weighted by molar-refractivity contribution is 5.82. The number of aliphatic hydroxyl groups excluding tert-OH is 1. The zero-order chi connectivity index (χ0) is 9.47. The zero-order valence-electron chi connectivity index (χ0n) is 7.82. The first kappa shape index (κ1) is 8.97. The third-order valence-corrected chi connectivity index (χ3v) is 3.31. The average molecular weight is 185 g/mol. The van der Waals surface area contributed by atoms with Crippen molar-refractivity contribution in [2.45, 2.75) is 30.9 Å². The standard InChI is InChI=1S/C9H15NO3/c1-13-8(12)9-4-2-5-10(9)6-3-7(9)11/h7,11H,2-6H2,1H3. The Morgan fingerprint density at radius 3 is 3.08 bits per heavy atom. The van der Waals surface area contributed by atoms with Gasteiger partial charge in [0.05, 0.1) is 13.2 Å². The Balaban J connectivity index is 2.29. The fourth-order valence-corrected chi connectivity index (χ4v) is 2.65. The molecule has 0 aromatic carbocycles. The summed E-state index contributed by atoms with van der Waals surface area (Å²) < 4.78 is 4.77. The Bertz CT molecular complexity index is 231. The molecular weight excluding hydrogens is 170 g/mol. The maximum atomic E-state index is 11.6. The molecule has 0 aliphatic carbocycles. The number of hydrogen-bond donors (Lipinski definition) is 1. The molecule has 2 aliphatic rings. The lowest BCUT2D eigenvalue weighted by molar-refractivity contribution is -0.156. The average Bonchev–Trinajstić information content (AvgIpc) is 2.67. The van der Waals surface area contributed by atoms with Gasteiger partial charge >= 0.3 is 5.97 Å². The Morgan fingerprint density at radius 2 is 2.38 bits per heavy atom. The van der Waals surface area contributed by atoms with Crippen LogP contribution in [0.2, 0.25) is 0 Å². The Kier molecular flexibility index (Phi) is 2.04. The lowest BCUT2D eigenvalue weighted by atomic mass is 9.91. The van der Waals surface area contributed by atoms with Crippen molar-refractivity contribution in [3.8, 4) is 0 Å². The van der Waals surface area contributed by atoms with Crippen molar-refractivity contribution in [2.24, 2.45) is 0 Å². The first-order chi connectivity index (χ1) is 6.21. The fourth-order valence-electron chi connectivity index (χ4n) is 2.65. The number of methoxy groups -OCH3 is 1. The largest absolute Gasteiger partial charge is 0.468 e. The maximum Gasteiger partial charge on any atom is 0.328 e. The molecular formula is C9H15NO3. The van der Waals surface area contributed by atoms with Gasteiger partial charge in [0.15, 0.2) is 0 Å². The number of nitrogens with zero attached hydrogens (tertiary/aromatic N) is 1. The van der Waals surface area contributed by atoms with Crippen LogP contribution < -0.4 is 0 Å². The van der Waals surface area contributed by atoms with E-state index < -0.39 is 11.6 Å². The summed E-state index contributed by atoms with van der Waals surface area (Å²) in [6, 6.07) is 0. The predicted octanol–water partition coefficient (Wildman–Crippen LogP) is -0.241. The number of hydrogen-bond acceptors (Lipinski definition) is 4. The van der Waals surface area contributed by atoms with Crippen LogP contribution in [0.1, 0.15) is 19.3 Å². The molecule has 0 amide bonds. The molecule has 0 aromatic rings. The summed E-state index contributed by atoms with van der Waals surface area (Å²) in [5.41, 5.74) is -0.700. The second-order valence-corrected chi connectivity index (χ2v) is 3.81. The second-order valence-electron chi connectivity index (χ2n) is 3.81. The SMILES string of the molecule is COC(=O)C12CCCN1CCC2O. The summed E-state index contributed by atoms with van der Waals surface area (Å²) in [5, 5.41) is 9.81. The van der Waals surface area contributed by atoms with Crippen molar-refractivity contribution in [1.29, 1.82) is 0 Å². The van der Waals surface area contributed by atoms with Gasteiger partial charge in [-0.05, 0) is 25.8 Å². The van der Waals surface area contributed by atoms with Crippen LogP contribution in [0, 0.1) is 0 Å². The van der Waals surface area contributed by atoms with E-state index in [9.17, 15) is 9.90 Å². The van der Waals surface area contributed by atoms with Gasteiger partial charge in [-0.1, -0.05) is 0 Å². The van der Waals surface area contributed by atoms with Gasteiger partial charge in [-0.25, -0.2) is 4.79 Å². The van der Waals surface area contributed by atoms with Crippen LogP contribution in [-0.2, 0) is 9.53 Å². The van der Waals surface area contributed by atoms with Gasteiger partial charge in [-0.2, -0.15) is 0 Å². The molecule has 74 valence electrons. The van der Waals surface area contributed by atoms with E-state index in [2.05, 4.69) is 4.90 Å². The first-order valence-electron chi connectivity index (χ1n) is 4.73. The molecule has 2 fully saturated rings. The van der Waals surface area contributed by atoms with Crippen molar-refractivity contribution in [3.05, 3.63) is 0 Å². The molecule has 0 aromatic heterocycles. The van der Waals surface area contributed by atoms with Gasteiger partial charge in [0.1, 0.15) is 5.54 Å². The molecule has 0 spiro atoms. The molecule has 2 heterocycles. The van der Waals surface area contributed by atoms with E-state index in [1.54, 1.807) is 0 Å². The molecule has 13 heavy (non-hydrogen) atoms. The third-order valence-electron chi connectivity index (χ3n) is 3.31. The summed E-state index contributed by atoms with van der Waals surface area (Å²) in [5.74, 6) is -0.269. The molecule has 2 atom stereocenters. The van der Waals surface area contributed by atoms with Gasteiger partial charge in [-0.3, -0.25) is 4.90 Å². The van der Waals surface area contributed by atoms with Crippen LogP contribution in [0.4, 0.5) is 0 Å². The van der Waals surface area contributed by atoms with E-state index in [0.29, 0.717) is 6.42 Å². The molecule has 2 rings (SSSR count). The molecule has 4 nitrogen and oxygen atoms in total. The lowest BCUT2D eigenvalue weighted by Gasteiger charge is -2.31. The number of esters is 1. The molecule has 2 unspecified atom stereocenters. The van der Waals surface area contributed by atoms with Crippen molar-refractivity contribution in [2.75, 3.05) is 20.2 Å². The van der Waals surface area contributed by atoms with E-state index >= 15 is 0 Å². The molecule has 4 heteroatoms. The monoisotopic (exact) mass is 185 g/mol. The third kappa shape index (κ3) is 1.02. The van der Waals surface area contributed by atoms with Crippen molar-refractivity contribution >= 4 is 5.97 Å². The van der Waals surface area contributed by atoms with Crippen LogP contribution in [-0.4, -0.2) is 47.8 Å². The fraction of sp³-hybridized carbons (Fsp3) is 0.889. The highest BCUT2D eigenvalue weighted by Gasteiger charge is 2.57. The van der Waals surface area contributed by atoms with Gasteiger partial charge < -0.3 is 9.84 Å². The maximum absolute atomic E-state index is 11.6. The lowest BCUT2D eigenvalue weighted by Crippen LogP contribution is -2.53. The summed E-state index contributed by atoms with van der Waals surface area (Å²) >= 11 is 0. The Hall–Kier alpha value is -0.610. The van der Waals surface area contributed by atoms with Crippen molar-refractivity contribution in [1.82, 2.24) is 4.90 Å². The quantitative estimate of drug-likeness (QED) is 0.573. The minimum atomic E-state index is -0.700. The number of carbonyl (C=O) groups excluding carboxylic acids is 1. The van der Waals surface area contributed by atoms with Crippen LogP contribution >= 0.6 is 0 Å². The van der Waals surface area contributed by atoms with Gasteiger partial charge in [0.2, 0.25) is 0 Å². The van der Waals surface area contributed by atoms with Crippen LogP contribution in [0.5, 0.6) is 0 Å².